The van der Waals surface area contributed by atoms with Crippen molar-refractivity contribution in [3.63, 3.8) is 0 Å². The Morgan fingerprint density at radius 1 is 1.19 bits per heavy atom. The van der Waals surface area contributed by atoms with E-state index < -0.39 is 0 Å². The summed E-state index contributed by atoms with van der Waals surface area (Å²) in [5, 5.41) is 3.15. The minimum absolute atomic E-state index is 0.0295. The molecule has 0 saturated carbocycles. The van der Waals surface area contributed by atoms with E-state index in [1.54, 1.807) is 0 Å². The topological polar surface area (TPSA) is 41.6 Å². The van der Waals surface area contributed by atoms with Crippen molar-refractivity contribution in [3.8, 4) is 5.75 Å². The standard InChI is InChI=1S/C22H27FN2O2/c1-3-27-21-9-6-18(14-16(21)2)22(26)24-20-10-12-25(13-11-20)15-17-4-7-19(23)8-5-17/h4-9,14,20H,3,10-13,15H2,1-2H3,(H,24,26). The van der Waals surface area contributed by atoms with Crippen LogP contribution < -0.4 is 10.1 Å². The average molecular weight is 370 g/mol. The monoisotopic (exact) mass is 370 g/mol. The molecule has 0 radical (unpaired) electrons. The van der Waals surface area contributed by atoms with Crippen molar-refractivity contribution in [2.45, 2.75) is 39.3 Å². The molecule has 2 aromatic carbocycles. The van der Waals surface area contributed by atoms with E-state index >= 15 is 0 Å². The molecular formula is C22H27FN2O2. The lowest BCUT2D eigenvalue weighted by atomic mass is 10.0. The number of amides is 1. The fourth-order valence-corrected chi connectivity index (χ4v) is 3.46. The van der Waals surface area contributed by atoms with Crippen LogP contribution >= 0.6 is 0 Å². The lowest BCUT2D eigenvalue weighted by Crippen LogP contribution is -2.44. The number of aryl methyl sites for hydroxylation is 1. The Bertz CT molecular complexity index is 768. The Labute approximate surface area is 160 Å². The van der Waals surface area contributed by atoms with Crippen LogP contribution in [0.3, 0.4) is 0 Å². The summed E-state index contributed by atoms with van der Waals surface area (Å²) in [6, 6.07) is 12.4. The van der Waals surface area contributed by atoms with E-state index in [1.807, 2.05) is 44.2 Å². The van der Waals surface area contributed by atoms with E-state index in [0.717, 1.165) is 49.4 Å². The third-order valence-electron chi connectivity index (χ3n) is 4.98. The van der Waals surface area contributed by atoms with Gasteiger partial charge in [-0.3, -0.25) is 9.69 Å². The molecule has 1 heterocycles. The Morgan fingerprint density at radius 2 is 1.89 bits per heavy atom. The summed E-state index contributed by atoms with van der Waals surface area (Å²) >= 11 is 0. The van der Waals surface area contributed by atoms with E-state index in [0.29, 0.717) is 12.2 Å². The number of hydrogen-bond acceptors (Lipinski definition) is 3. The smallest absolute Gasteiger partial charge is 0.251 e. The van der Waals surface area contributed by atoms with E-state index in [1.165, 1.54) is 12.1 Å². The van der Waals surface area contributed by atoms with Crippen LogP contribution in [-0.4, -0.2) is 36.5 Å². The quantitative estimate of drug-likeness (QED) is 0.838. The van der Waals surface area contributed by atoms with Gasteiger partial charge in [-0.05, 0) is 68.1 Å². The number of carbonyl (C=O) groups is 1. The normalized spacial score (nSPS) is 15.5. The van der Waals surface area contributed by atoms with Crippen molar-refractivity contribution in [1.82, 2.24) is 10.2 Å². The first-order valence-corrected chi connectivity index (χ1v) is 9.56. The lowest BCUT2D eigenvalue weighted by molar-refractivity contribution is 0.0909. The highest BCUT2D eigenvalue weighted by atomic mass is 19.1. The molecule has 144 valence electrons. The molecule has 1 aliphatic heterocycles. The maximum atomic E-state index is 13.0. The average Bonchev–Trinajstić information content (AvgIpc) is 2.67. The second kappa shape index (κ2) is 9.00. The van der Waals surface area contributed by atoms with Crippen LogP contribution in [0.15, 0.2) is 42.5 Å². The van der Waals surface area contributed by atoms with Gasteiger partial charge in [-0.1, -0.05) is 12.1 Å². The van der Waals surface area contributed by atoms with E-state index in [-0.39, 0.29) is 17.8 Å². The zero-order chi connectivity index (χ0) is 19.2. The number of ether oxygens (including phenoxy) is 1. The van der Waals surface area contributed by atoms with Crippen molar-refractivity contribution in [2.24, 2.45) is 0 Å². The number of likely N-dealkylation sites (tertiary alicyclic amines) is 1. The number of rotatable bonds is 6. The molecule has 0 aliphatic carbocycles. The zero-order valence-electron chi connectivity index (χ0n) is 16.0. The highest BCUT2D eigenvalue weighted by Gasteiger charge is 2.21. The SMILES string of the molecule is CCOc1ccc(C(=O)NC2CCN(Cc3ccc(F)cc3)CC2)cc1C. The number of nitrogens with one attached hydrogen (secondary N) is 1. The molecule has 0 spiro atoms. The van der Waals surface area contributed by atoms with Gasteiger partial charge < -0.3 is 10.1 Å². The summed E-state index contributed by atoms with van der Waals surface area (Å²) in [6.07, 6.45) is 1.84. The van der Waals surface area contributed by atoms with Gasteiger partial charge in [0.1, 0.15) is 11.6 Å². The molecule has 2 aromatic rings. The fraction of sp³-hybridized carbons (Fsp3) is 0.409. The highest BCUT2D eigenvalue weighted by molar-refractivity contribution is 5.94. The molecule has 3 rings (SSSR count). The maximum absolute atomic E-state index is 13.0. The molecule has 0 aromatic heterocycles. The molecule has 1 amide bonds. The van der Waals surface area contributed by atoms with Crippen molar-refractivity contribution >= 4 is 5.91 Å². The summed E-state index contributed by atoms with van der Waals surface area (Å²) in [6.45, 7) is 7.18. The van der Waals surface area contributed by atoms with Crippen molar-refractivity contribution < 1.29 is 13.9 Å². The van der Waals surface area contributed by atoms with Gasteiger partial charge in [0, 0.05) is 31.2 Å². The summed E-state index contributed by atoms with van der Waals surface area (Å²) in [4.78, 5) is 14.9. The first-order valence-electron chi connectivity index (χ1n) is 9.56. The van der Waals surface area contributed by atoms with E-state index in [4.69, 9.17) is 4.74 Å². The molecule has 1 aliphatic rings. The Kier molecular flexibility index (Phi) is 6.45. The largest absolute Gasteiger partial charge is 0.494 e. The van der Waals surface area contributed by atoms with Crippen LogP contribution in [0.4, 0.5) is 4.39 Å². The van der Waals surface area contributed by atoms with Gasteiger partial charge in [-0.15, -0.1) is 0 Å². The molecule has 1 N–H and O–H groups in total. The zero-order valence-corrected chi connectivity index (χ0v) is 16.0. The fourth-order valence-electron chi connectivity index (χ4n) is 3.46. The van der Waals surface area contributed by atoms with Crippen LogP contribution in [0.2, 0.25) is 0 Å². The number of carbonyl (C=O) groups excluding carboxylic acids is 1. The van der Waals surface area contributed by atoms with Gasteiger partial charge in [0.15, 0.2) is 0 Å². The van der Waals surface area contributed by atoms with Gasteiger partial charge >= 0.3 is 0 Å². The van der Waals surface area contributed by atoms with E-state index in [2.05, 4.69) is 10.2 Å². The van der Waals surface area contributed by atoms with Crippen molar-refractivity contribution in [1.29, 1.82) is 0 Å². The van der Waals surface area contributed by atoms with Gasteiger partial charge in [0.25, 0.3) is 5.91 Å². The number of piperidine rings is 1. The molecular weight excluding hydrogens is 343 g/mol. The van der Waals surface area contributed by atoms with Crippen LogP contribution in [0, 0.1) is 12.7 Å². The number of benzene rings is 2. The minimum atomic E-state index is -0.204. The second-order valence-electron chi connectivity index (χ2n) is 7.06. The first kappa shape index (κ1) is 19.4. The van der Waals surface area contributed by atoms with Crippen LogP contribution in [-0.2, 0) is 6.54 Å². The molecule has 0 atom stereocenters. The number of nitrogens with zero attached hydrogens (tertiary/aromatic N) is 1. The predicted molar refractivity (Wildman–Crippen MR) is 105 cm³/mol. The molecule has 1 fully saturated rings. The van der Waals surface area contributed by atoms with E-state index in [9.17, 15) is 9.18 Å². The Balaban J connectivity index is 1.49. The third-order valence-corrected chi connectivity index (χ3v) is 4.98. The Morgan fingerprint density at radius 3 is 2.52 bits per heavy atom. The molecule has 5 heteroatoms. The molecule has 4 nitrogen and oxygen atoms in total. The number of halogens is 1. The third kappa shape index (κ3) is 5.30. The summed E-state index contributed by atoms with van der Waals surface area (Å²) in [5.41, 5.74) is 2.76. The van der Waals surface area contributed by atoms with Gasteiger partial charge in [-0.25, -0.2) is 4.39 Å². The molecule has 1 saturated heterocycles. The molecule has 27 heavy (non-hydrogen) atoms. The predicted octanol–water partition coefficient (Wildman–Crippen LogP) is 3.93. The summed E-state index contributed by atoms with van der Waals surface area (Å²) in [5.74, 6) is 0.589. The molecule has 0 unspecified atom stereocenters. The maximum Gasteiger partial charge on any atom is 0.251 e. The summed E-state index contributed by atoms with van der Waals surface area (Å²) < 4.78 is 18.5. The first-order chi connectivity index (χ1) is 13.0. The van der Waals surface area contributed by atoms with Crippen molar-refractivity contribution in [2.75, 3.05) is 19.7 Å². The second-order valence-corrected chi connectivity index (χ2v) is 7.06. The van der Waals surface area contributed by atoms with Crippen molar-refractivity contribution in [3.05, 3.63) is 65.0 Å². The van der Waals surface area contributed by atoms with Crippen LogP contribution in [0.1, 0.15) is 41.3 Å². The number of hydrogen-bond donors (Lipinski definition) is 1. The Hall–Kier alpha value is -2.40. The highest BCUT2D eigenvalue weighted by Crippen LogP contribution is 2.20. The lowest BCUT2D eigenvalue weighted by Gasteiger charge is -2.32. The van der Waals surface area contributed by atoms with Gasteiger partial charge in [0.05, 0.1) is 6.61 Å². The summed E-state index contributed by atoms with van der Waals surface area (Å²) in [7, 11) is 0. The van der Waals surface area contributed by atoms with Gasteiger partial charge in [-0.2, -0.15) is 0 Å². The van der Waals surface area contributed by atoms with Gasteiger partial charge in [0.2, 0.25) is 0 Å². The van der Waals surface area contributed by atoms with Crippen LogP contribution in [0.5, 0.6) is 5.75 Å². The minimum Gasteiger partial charge on any atom is -0.494 e. The van der Waals surface area contributed by atoms with Crippen LogP contribution in [0.25, 0.3) is 0 Å². The molecule has 0 bridgehead atoms.